The highest BCUT2D eigenvalue weighted by Crippen LogP contribution is 2.29. The van der Waals surface area contributed by atoms with Crippen molar-refractivity contribution in [2.45, 2.75) is 37.1 Å². The molecular weight excluding hydrogens is 445 g/mol. The van der Waals surface area contributed by atoms with E-state index in [1.807, 2.05) is 37.2 Å². The molecule has 2 aromatic carbocycles. The van der Waals surface area contributed by atoms with Crippen LogP contribution in [-0.4, -0.2) is 53.0 Å². The molecule has 0 aromatic heterocycles. The zero-order valence-corrected chi connectivity index (χ0v) is 20.2. The van der Waals surface area contributed by atoms with Gasteiger partial charge in [0.15, 0.2) is 0 Å². The molecule has 0 bridgehead atoms. The summed E-state index contributed by atoms with van der Waals surface area (Å²) >= 11 is 0. The molecule has 33 heavy (non-hydrogen) atoms. The van der Waals surface area contributed by atoms with Crippen molar-refractivity contribution in [3.8, 4) is 0 Å². The predicted octanol–water partition coefficient (Wildman–Crippen LogP) is 3.86. The Hall–Kier alpha value is -2.49. The van der Waals surface area contributed by atoms with Crippen LogP contribution in [0.3, 0.4) is 0 Å². The Bertz CT molecular complexity index is 1050. The third kappa shape index (κ3) is 6.31. The lowest BCUT2D eigenvalue weighted by molar-refractivity contribution is -0.119. The quantitative estimate of drug-likeness (QED) is 0.562. The van der Waals surface area contributed by atoms with E-state index in [4.69, 9.17) is 4.74 Å². The molecule has 1 aliphatic carbocycles. The standard InChI is InChI=1S/C24H32FN3O4S/c1-27(2)23-13-10-21(26-24(29)18-6-4-5-7-18)16-19(23)17-28(14-15-32-3)33(30,31)22-11-8-20(25)9-12-22/h8-13,16,18H,4-7,14-15,17H2,1-3H3,(H,26,29). The average molecular weight is 478 g/mol. The number of sulfonamides is 1. The Kier molecular flexibility index (Phi) is 8.45. The summed E-state index contributed by atoms with van der Waals surface area (Å²) in [7, 11) is 1.37. The number of benzene rings is 2. The Morgan fingerprint density at radius 2 is 1.79 bits per heavy atom. The molecule has 3 rings (SSSR count). The molecule has 1 fully saturated rings. The first kappa shape index (κ1) is 25.1. The maximum Gasteiger partial charge on any atom is 0.243 e. The van der Waals surface area contributed by atoms with Crippen molar-refractivity contribution in [3.05, 3.63) is 53.8 Å². The highest BCUT2D eigenvalue weighted by molar-refractivity contribution is 7.89. The SMILES string of the molecule is COCCN(Cc1cc(NC(=O)C2CCCC2)ccc1N(C)C)S(=O)(=O)c1ccc(F)cc1. The molecule has 7 nitrogen and oxygen atoms in total. The van der Waals surface area contributed by atoms with Gasteiger partial charge in [0.2, 0.25) is 15.9 Å². The molecule has 180 valence electrons. The number of carbonyl (C=O) groups is 1. The third-order valence-electron chi connectivity index (χ3n) is 5.90. The van der Waals surface area contributed by atoms with Crippen molar-refractivity contribution in [3.63, 3.8) is 0 Å². The zero-order chi connectivity index (χ0) is 24.0. The van der Waals surface area contributed by atoms with Gasteiger partial charge in [-0.05, 0) is 60.9 Å². The first-order valence-electron chi connectivity index (χ1n) is 11.1. The van der Waals surface area contributed by atoms with Gasteiger partial charge >= 0.3 is 0 Å². The maximum atomic E-state index is 13.4. The van der Waals surface area contributed by atoms with Gasteiger partial charge in [-0.3, -0.25) is 4.79 Å². The van der Waals surface area contributed by atoms with Gasteiger partial charge in [-0.1, -0.05) is 12.8 Å². The van der Waals surface area contributed by atoms with E-state index in [0.717, 1.165) is 49.1 Å². The monoisotopic (exact) mass is 477 g/mol. The molecule has 0 unspecified atom stereocenters. The fourth-order valence-electron chi connectivity index (χ4n) is 4.08. The zero-order valence-electron chi connectivity index (χ0n) is 19.4. The van der Waals surface area contributed by atoms with Crippen molar-refractivity contribution in [2.75, 3.05) is 44.6 Å². The lowest BCUT2D eigenvalue weighted by atomic mass is 10.1. The van der Waals surface area contributed by atoms with Crippen molar-refractivity contribution in [1.29, 1.82) is 0 Å². The van der Waals surface area contributed by atoms with Crippen LogP contribution in [0.4, 0.5) is 15.8 Å². The molecule has 0 saturated heterocycles. The molecule has 1 saturated carbocycles. The van der Waals surface area contributed by atoms with Gasteiger partial charge in [-0.2, -0.15) is 4.31 Å². The molecular formula is C24H32FN3O4S. The van der Waals surface area contributed by atoms with E-state index in [2.05, 4.69) is 5.32 Å². The molecule has 0 spiro atoms. The van der Waals surface area contributed by atoms with Crippen LogP contribution in [0.2, 0.25) is 0 Å². The van der Waals surface area contributed by atoms with Crippen LogP contribution in [0.25, 0.3) is 0 Å². The predicted molar refractivity (Wildman–Crippen MR) is 127 cm³/mol. The Morgan fingerprint density at radius 1 is 1.12 bits per heavy atom. The minimum atomic E-state index is -3.90. The van der Waals surface area contributed by atoms with Gasteiger partial charge < -0.3 is 15.0 Å². The van der Waals surface area contributed by atoms with E-state index >= 15 is 0 Å². The van der Waals surface area contributed by atoms with E-state index in [1.54, 1.807) is 0 Å². The third-order valence-corrected chi connectivity index (χ3v) is 7.76. The number of methoxy groups -OCH3 is 1. The molecule has 0 heterocycles. The number of ether oxygens (including phenoxy) is 1. The van der Waals surface area contributed by atoms with Gasteiger partial charge in [0.25, 0.3) is 0 Å². The van der Waals surface area contributed by atoms with Gasteiger partial charge in [-0.25, -0.2) is 12.8 Å². The smallest absolute Gasteiger partial charge is 0.243 e. The topological polar surface area (TPSA) is 79.0 Å². The summed E-state index contributed by atoms with van der Waals surface area (Å²) in [6, 6.07) is 10.3. The highest BCUT2D eigenvalue weighted by Gasteiger charge is 2.27. The normalized spacial score (nSPS) is 14.6. The van der Waals surface area contributed by atoms with E-state index in [-0.39, 0.29) is 36.4 Å². The van der Waals surface area contributed by atoms with E-state index in [9.17, 15) is 17.6 Å². The summed E-state index contributed by atoms with van der Waals surface area (Å²) < 4.78 is 46.5. The number of carbonyl (C=O) groups excluding carboxylic acids is 1. The van der Waals surface area contributed by atoms with Gasteiger partial charge in [-0.15, -0.1) is 0 Å². The maximum absolute atomic E-state index is 13.4. The van der Waals surface area contributed by atoms with Crippen LogP contribution in [0.5, 0.6) is 0 Å². The summed E-state index contributed by atoms with van der Waals surface area (Å²) in [6.45, 7) is 0.404. The van der Waals surface area contributed by atoms with Crippen LogP contribution in [0.15, 0.2) is 47.4 Å². The number of amides is 1. The van der Waals surface area contributed by atoms with Crippen molar-refractivity contribution in [2.24, 2.45) is 5.92 Å². The number of nitrogens with zero attached hydrogens (tertiary/aromatic N) is 2. The van der Waals surface area contributed by atoms with Crippen molar-refractivity contribution < 1.29 is 22.3 Å². The molecule has 2 aromatic rings. The second kappa shape index (κ2) is 11.1. The minimum Gasteiger partial charge on any atom is -0.383 e. The number of hydrogen-bond donors (Lipinski definition) is 1. The van der Waals surface area contributed by atoms with Crippen molar-refractivity contribution >= 4 is 27.3 Å². The van der Waals surface area contributed by atoms with Gasteiger partial charge in [0.1, 0.15) is 5.82 Å². The second-order valence-electron chi connectivity index (χ2n) is 8.49. The fraction of sp³-hybridized carbons (Fsp3) is 0.458. The van der Waals surface area contributed by atoms with E-state index < -0.39 is 15.8 Å². The first-order valence-corrected chi connectivity index (χ1v) is 12.5. The Morgan fingerprint density at radius 3 is 2.39 bits per heavy atom. The van der Waals surface area contributed by atoms with Crippen LogP contribution in [0, 0.1) is 11.7 Å². The Labute approximate surface area is 195 Å². The average Bonchev–Trinajstić information content (AvgIpc) is 3.32. The first-order chi connectivity index (χ1) is 15.7. The largest absolute Gasteiger partial charge is 0.383 e. The van der Waals surface area contributed by atoms with E-state index in [0.29, 0.717) is 5.69 Å². The van der Waals surface area contributed by atoms with Crippen LogP contribution >= 0.6 is 0 Å². The van der Waals surface area contributed by atoms with Gasteiger partial charge in [0.05, 0.1) is 11.5 Å². The van der Waals surface area contributed by atoms with Gasteiger partial charge in [0, 0.05) is 51.6 Å². The summed E-state index contributed by atoms with van der Waals surface area (Å²) in [5, 5.41) is 2.99. The van der Waals surface area contributed by atoms with Crippen LogP contribution in [-0.2, 0) is 26.1 Å². The number of hydrogen-bond acceptors (Lipinski definition) is 5. The fourth-order valence-corrected chi connectivity index (χ4v) is 5.48. The summed E-state index contributed by atoms with van der Waals surface area (Å²) in [4.78, 5) is 14.5. The van der Waals surface area contributed by atoms with Crippen LogP contribution in [0.1, 0.15) is 31.2 Å². The molecule has 1 aliphatic rings. The minimum absolute atomic E-state index is 0.00576. The number of rotatable bonds is 10. The molecule has 1 N–H and O–H groups in total. The number of anilines is 2. The summed E-state index contributed by atoms with van der Waals surface area (Å²) in [5.41, 5.74) is 2.22. The van der Waals surface area contributed by atoms with Crippen molar-refractivity contribution in [1.82, 2.24) is 4.31 Å². The molecule has 1 amide bonds. The molecule has 0 atom stereocenters. The van der Waals surface area contributed by atoms with E-state index in [1.165, 1.54) is 23.5 Å². The van der Waals surface area contributed by atoms with Crippen LogP contribution < -0.4 is 10.2 Å². The second-order valence-corrected chi connectivity index (χ2v) is 10.4. The Balaban J connectivity index is 1.91. The number of halogens is 1. The molecule has 0 radical (unpaired) electrons. The number of nitrogens with one attached hydrogen (secondary N) is 1. The lowest BCUT2D eigenvalue weighted by Gasteiger charge is -2.26. The molecule has 9 heteroatoms. The lowest BCUT2D eigenvalue weighted by Crippen LogP contribution is -2.34. The summed E-state index contributed by atoms with van der Waals surface area (Å²) in [5.74, 6) is -0.469. The molecule has 0 aliphatic heterocycles. The summed E-state index contributed by atoms with van der Waals surface area (Å²) in [6.07, 6.45) is 3.93. The highest BCUT2D eigenvalue weighted by atomic mass is 32.2.